The Bertz CT molecular complexity index is 791. The van der Waals surface area contributed by atoms with Crippen molar-refractivity contribution in [2.75, 3.05) is 39.3 Å². The SMILES string of the molecule is CCOc1ccc2cc(C(=O)N3CCN(CC)CC3)c(=O)oc2c1. The van der Waals surface area contributed by atoms with E-state index in [1.54, 1.807) is 29.2 Å². The summed E-state index contributed by atoms with van der Waals surface area (Å²) in [4.78, 5) is 28.9. The van der Waals surface area contributed by atoms with Crippen LogP contribution in [0.15, 0.2) is 33.5 Å². The van der Waals surface area contributed by atoms with Crippen LogP contribution in [0.25, 0.3) is 11.0 Å². The summed E-state index contributed by atoms with van der Waals surface area (Å²) in [6, 6.07) is 6.90. The van der Waals surface area contributed by atoms with E-state index in [1.807, 2.05) is 6.92 Å². The van der Waals surface area contributed by atoms with Crippen molar-refractivity contribution < 1.29 is 13.9 Å². The first-order valence-electron chi connectivity index (χ1n) is 8.34. The van der Waals surface area contributed by atoms with Crippen LogP contribution in [0.5, 0.6) is 5.75 Å². The summed E-state index contributed by atoms with van der Waals surface area (Å²) in [6.45, 7) is 8.43. The largest absolute Gasteiger partial charge is 0.494 e. The molecule has 128 valence electrons. The number of amides is 1. The molecule has 0 atom stereocenters. The van der Waals surface area contributed by atoms with Gasteiger partial charge in [-0.15, -0.1) is 0 Å². The van der Waals surface area contributed by atoms with Gasteiger partial charge >= 0.3 is 5.63 Å². The van der Waals surface area contributed by atoms with Crippen LogP contribution in [0, 0.1) is 0 Å². The Morgan fingerprint density at radius 3 is 2.58 bits per heavy atom. The second kappa shape index (κ2) is 7.05. The molecule has 2 heterocycles. The van der Waals surface area contributed by atoms with Gasteiger partial charge in [-0.25, -0.2) is 4.79 Å². The fraction of sp³-hybridized carbons (Fsp3) is 0.444. The highest BCUT2D eigenvalue weighted by molar-refractivity contribution is 5.96. The van der Waals surface area contributed by atoms with E-state index < -0.39 is 5.63 Å². The first-order valence-corrected chi connectivity index (χ1v) is 8.34. The third-order valence-electron chi connectivity index (χ3n) is 4.36. The molecular weight excluding hydrogens is 308 g/mol. The average molecular weight is 330 g/mol. The minimum atomic E-state index is -0.598. The molecule has 24 heavy (non-hydrogen) atoms. The molecule has 1 saturated heterocycles. The zero-order chi connectivity index (χ0) is 17.1. The number of benzene rings is 1. The molecule has 1 aliphatic heterocycles. The van der Waals surface area contributed by atoms with Crippen LogP contribution in [-0.2, 0) is 0 Å². The van der Waals surface area contributed by atoms with Gasteiger partial charge in [-0.05, 0) is 31.7 Å². The Morgan fingerprint density at radius 2 is 1.92 bits per heavy atom. The van der Waals surface area contributed by atoms with Gasteiger partial charge in [0, 0.05) is 37.6 Å². The molecule has 0 bridgehead atoms. The van der Waals surface area contributed by atoms with Crippen LogP contribution >= 0.6 is 0 Å². The van der Waals surface area contributed by atoms with Crippen molar-refractivity contribution in [1.29, 1.82) is 0 Å². The van der Waals surface area contributed by atoms with Crippen LogP contribution in [0.4, 0.5) is 0 Å². The highest BCUT2D eigenvalue weighted by Gasteiger charge is 2.24. The molecule has 1 aromatic carbocycles. The molecule has 0 spiro atoms. The number of piperazine rings is 1. The number of ether oxygens (including phenoxy) is 1. The van der Waals surface area contributed by atoms with E-state index in [2.05, 4.69) is 11.8 Å². The van der Waals surface area contributed by atoms with Gasteiger partial charge < -0.3 is 19.0 Å². The predicted molar refractivity (Wildman–Crippen MR) is 91.7 cm³/mol. The fourth-order valence-electron chi connectivity index (χ4n) is 2.93. The number of carbonyl (C=O) groups is 1. The predicted octanol–water partition coefficient (Wildman–Crippen LogP) is 1.97. The molecule has 1 fully saturated rings. The summed E-state index contributed by atoms with van der Waals surface area (Å²) < 4.78 is 10.7. The highest BCUT2D eigenvalue weighted by atomic mass is 16.5. The Labute approximate surface area is 140 Å². The molecule has 3 rings (SSSR count). The Balaban J connectivity index is 1.86. The maximum Gasteiger partial charge on any atom is 0.349 e. The van der Waals surface area contributed by atoms with Crippen molar-refractivity contribution in [3.8, 4) is 5.75 Å². The number of likely N-dealkylation sites (N-methyl/N-ethyl adjacent to an activating group) is 1. The van der Waals surface area contributed by atoms with Crippen LogP contribution in [0.2, 0.25) is 0 Å². The Kier molecular flexibility index (Phi) is 4.85. The monoisotopic (exact) mass is 330 g/mol. The molecule has 0 N–H and O–H groups in total. The fourth-order valence-corrected chi connectivity index (χ4v) is 2.93. The zero-order valence-corrected chi connectivity index (χ0v) is 14.1. The molecule has 1 aliphatic rings. The lowest BCUT2D eigenvalue weighted by Crippen LogP contribution is -2.49. The van der Waals surface area contributed by atoms with Crippen molar-refractivity contribution >= 4 is 16.9 Å². The molecular formula is C18H22N2O4. The number of hydrogen-bond acceptors (Lipinski definition) is 5. The quantitative estimate of drug-likeness (QED) is 0.802. The van der Waals surface area contributed by atoms with Gasteiger partial charge in [0.05, 0.1) is 6.61 Å². The number of fused-ring (bicyclic) bond motifs is 1. The summed E-state index contributed by atoms with van der Waals surface area (Å²) >= 11 is 0. The van der Waals surface area contributed by atoms with E-state index in [0.29, 0.717) is 36.4 Å². The Morgan fingerprint density at radius 1 is 1.17 bits per heavy atom. The van der Waals surface area contributed by atoms with E-state index in [0.717, 1.165) is 19.6 Å². The molecule has 1 aromatic heterocycles. The van der Waals surface area contributed by atoms with Crippen LogP contribution in [0.3, 0.4) is 0 Å². The number of hydrogen-bond donors (Lipinski definition) is 0. The number of nitrogens with zero attached hydrogens (tertiary/aromatic N) is 2. The van der Waals surface area contributed by atoms with E-state index in [1.165, 1.54) is 0 Å². The van der Waals surface area contributed by atoms with Gasteiger partial charge in [-0.3, -0.25) is 4.79 Å². The third-order valence-corrected chi connectivity index (χ3v) is 4.36. The smallest absolute Gasteiger partial charge is 0.349 e. The highest BCUT2D eigenvalue weighted by Crippen LogP contribution is 2.21. The van der Waals surface area contributed by atoms with Gasteiger partial charge in [0.25, 0.3) is 5.91 Å². The van der Waals surface area contributed by atoms with Crippen molar-refractivity contribution in [3.05, 3.63) is 40.2 Å². The Hall–Kier alpha value is -2.34. The first kappa shape index (κ1) is 16.5. The third kappa shape index (κ3) is 3.28. The molecule has 1 amide bonds. The van der Waals surface area contributed by atoms with Gasteiger partial charge in [0.15, 0.2) is 0 Å². The number of rotatable bonds is 4. The standard InChI is InChI=1S/C18H22N2O4/c1-3-19-7-9-20(10-8-19)17(21)15-11-13-5-6-14(23-4-2)12-16(13)24-18(15)22/h5-6,11-12H,3-4,7-10H2,1-2H3. The zero-order valence-electron chi connectivity index (χ0n) is 14.1. The van der Waals surface area contributed by atoms with Crippen molar-refractivity contribution in [1.82, 2.24) is 9.80 Å². The molecule has 2 aromatic rings. The molecule has 0 aliphatic carbocycles. The maximum atomic E-state index is 12.7. The molecule has 0 radical (unpaired) electrons. The van der Waals surface area contributed by atoms with Crippen molar-refractivity contribution in [3.63, 3.8) is 0 Å². The minimum absolute atomic E-state index is 0.0941. The summed E-state index contributed by atoms with van der Waals surface area (Å²) in [6.07, 6.45) is 0. The van der Waals surface area contributed by atoms with Gasteiger partial charge in [0.2, 0.25) is 0 Å². The van der Waals surface area contributed by atoms with E-state index >= 15 is 0 Å². The molecule has 0 saturated carbocycles. The second-order valence-electron chi connectivity index (χ2n) is 5.81. The van der Waals surface area contributed by atoms with Crippen molar-refractivity contribution in [2.45, 2.75) is 13.8 Å². The van der Waals surface area contributed by atoms with Gasteiger partial charge in [-0.1, -0.05) is 6.92 Å². The lowest BCUT2D eigenvalue weighted by atomic mass is 10.1. The lowest BCUT2D eigenvalue weighted by molar-refractivity contribution is 0.0639. The van der Waals surface area contributed by atoms with E-state index in [9.17, 15) is 9.59 Å². The minimum Gasteiger partial charge on any atom is -0.494 e. The van der Waals surface area contributed by atoms with Crippen LogP contribution in [0.1, 0.15) is 24.2 Å². The van der Waals surface area contributed by atoms with Gasteiger partial charge in [-0.2, -0.15) is 0 Å². The molecule has 6 nitrogen and oxygen atoms in total. The molecule has 6 heteroatoms. The normalized spacial score (nSPS) is 15.7. The first-order chi connectivity index (χ1) is 11.6. The van der Waals surface area contributed by atoms with Crippen LogP contribution in [-0.4, -0.2) is 55.0 Å². The lowest BCUT2D eigenvalue weighted by Gasteiger charge is -2.33. The van der Waals surface area contributed by atoms with Crippen LogP contribution < -0.4 is 10.4 Å². The summed E-state index contributed by atoms with van der Waals surface area (Å²) in [5.74, 6) is 0.387. The van der Waals surface area contributed by atoms with Crippen molar-refractivity contribution in [2.24, 2.45) is 0 Å². The average Bonchev–Trinajstić information content (AvgIpc) is 2.61. The second-order valence-corrected chi connectivity index (χ2v) is 5.81. The van der Waals surface area contributed by atoms with E-state index in [4.69, 9.17) is 9.15 Å². The maximum absolute atomic E-state index is 12.7. The number of carbonyl (C=O) groups excluding carboxylic acids is 1. The summed E-state index contributed by atoms with van der Waals surface area (Å²) in [5, 5.41) is 0.716. The summed E-state index contributed by atoms with van der Waals surface area (Å²) in [5.41, 5.74) is -0.0750. The topological polar surface area (TPSA) is 63.0 Å². The van der Waals surface area contributed by atoms with Gasteiger partial charge in [0.1, 0.15) is 16.9 Å². The van der Waals surface area contributed by atoms with E-state index in [-0.39, 0.29) is 11.5 Å². The molecule has 0 unspecified atom stereocenters. The summed E-state index contributed by atoms with van der Waals surface area (Å²) in [7, 11) is 0.